The predicted molar refractivity (Wildman–Crippen MR) is 122 cm³/mol. The molecule has 29 heavy (non-hydrogen) atoms. The summed E-state index contributed by atoms with van der Waals surface area (Å²) >= 11 is 3.36. The van der Waals surface area contributed by atoms with Gasteiger partial charge in [0.25, 0.3) is 0 Å². The fourth-order valence-electron chi connectivity index (χ4n) is 3.46. The Labute approximate surface area is 179 Å². The van der Waals surface area contributed by atoms with Gasteiger partial charge in [0.2, 0.25) is 5.91 Å². The van der Waals surface area contributed by atoms with E-state index in [1.807, 2.05) is 6.07 Å². The standard InChI is InChI=1S/C21H27N5OS2/c1-4-12(2)23-8-6-18(27)26-21-19(14-10-24-13(3)9-17(14)29-21)20-25-15-11-22-7-5-16(15)28-20/h5,7,11-13,23-24H,4,6,8-10H2,1-3H3,(H,26,27)/t12-,13+/m0/s1. The van der Waals surface area contributed by atoms with Crippen LogP contribution in [0.15, 0.2) is 18.5 Å². The van der Waals surface area contributed by atoms with Crippen molar-refractivity contribution < 1.29 is 4.79 Å². The molecule has 0 saturated heterocycles. The molecule has 1 aliphatic heterocycles. The number of carbonyl (C=O) groups excluding carboxylic acids is 1. The predicted octanol–water partition coefficient (Wildman–Crippen LogP) is 4.17. The zero-order chi connectivity index (χ0) is 20.4. The van der Waals surface area contributed by atoms with E-state index in [2.05, 4.69) is 41.7 Å². The van der Waals surface area contributed by atoms with E-state index in [0.29, 0.717) is 25.0 Å². The maximum Gasteiger partial charge on any atom is 0.226 e. The van der Waals surface area contributed by atoms with Crippen molar-refractivity contribution >= 4 is 43.8 Å². The van der Waals surface area contributed by atoms with Crippen LogP contribution in [0.4, 0.5) is 5.00 Å². The first-order valence-corrected chi connectivity index (χ1v) is 11.8. The Kier molecular flexibility index (Phi) is 6.24. The van der Waals surface area contributed by atoms with Gasteiger partial charge in [0, 0.05) is 42.7 Å². The molecule has 0 saturated carbocycles. The molecule has 0 fully saturated rings. The van der Waals surface area contributed by atoms with Gasteiger partial charge in [0.1, 0.15) is 15.5 Å². The van der Waals surface area contributed by atoms with E-state index in [1.165, 1.54) is 10.4 Å². The molecule has 3 aromatic rings. The summed E-state index contributed by atoms with van der Waals surface area (Å²) in [4.78, 5) is 23.0. The first-order chi connectivity index (χ1) is 14.0. The quantitative estimate of drug-likeness (QED) is 0.525. The number of anilines is 1. The molecule has 8 heteroatoms. The highest BCUT2D eigenvalue weighted by atomic mass is 32.1. The molecule has 1 amide bonds. The fraction of sp³-hybridized carbons (Fsp3) is 0.476. The molecule has 2 atom stereocenters. The molecule has 0 aliphatic carbocycles. The van der Waals surface area contributed by atoms with Crippen molar-refractivity contribution in [1.29, 1.82) is 0 Å². The number of hydrogen-bond donors (Lipinski definition) is 3. The van der Waals surface area contributed by atoms with E-state index >= 15 is 0 Å². The van der Waals surface area contributed by atoms with E-state index in [4.69, 9.17) is 4.98 Å². The Morgan fingerprint density at radius 3 is 3.07 bits per heavy atom. The summed E-state index contributed by atoms with van der Waals surface area (Å²) < 4.78 is 1.11. The average molecular weight is 430 g/mol. The van der Waals surface area contributed by atoms with Crippen LogP contribution in [0.25, 0.3) is 20.8 Å². The van der Waals surface area contributed by atoms with E-state index in [-0.39, 0.29) is 5.91 Å². The van der Waals surface area contributed by atoms with Gasteiger partial charge >= 0.3 is 0 Å². The van der Waals surface area contributed by atoms with Gasteiger partial charge in [-0.2, -0.15) is 0 Å². The molecular formula is C21H27N5OS2. The molecule has 1 aliphatic rings. The lowest BCUT2D eigenvalue weighted by molar-refractivity contribution is -0.116. The Balaban J connectivity index is 1.62. The van der Waals surface area contributed by atoms with Crippen LogP contribution >= 0.6 is 22.7 Å². The topological polar surface area (TPSA) is 78.9 Å². The number of thiazole rings is 1. The minimum atomic E-state index is 0.0458. The Bertz CT molecular complexity index is 979. The summed E-state index contributed by atoms with van der Waals surface area (Å²) in [5.41, 5.74) is 3.25. The Morgan fingerprint density at radius 2 is 2.28 bits per heavy atom. The van der Waals surface area contributed by atoms with Gasteiger partial charge in [-0.15, -0.1) is 22.7 Å². The highest BCUT2D eigenvalue weighted by Crippen LogP contribution is 2.45. The van der Waals surface area contributed by atoms with Crippen molar-refractivity contribution in [2.24, 2.45) is 0 Å². The number of hydrogen-bond acceptors (Lipinski definition) is 7. The number of rotatable bonds is 7. The maximum atomic E-state index is 12.6. The van der Waals surface area contributed by atoms with Crippen LogP contribution in [0.3, 0.4) is 0 Å². The third-order valence-corrected chi connectivity index (χ3v) is 7.55. The van der Waals surface area contributed by atoms with Crippen LogP contribution in [0.2, 0.25) is 0 Å². The molecule has 4 rings (SSSR count). The lowest BCUT2D eigenvalue weighted by atomic mass is 10.0. The third kappa shape index (κ3) is 4.50. The number of nitrogens with one attached hydrogen (secondary N) is 3. The van der Waals surface area contributed by atoms with E-state index < -0.39 is 0 Å². The van der Waals surface area contributed by atoms with Gasteiger partial charge < -0.3 is 16.0 Å². The second-order valence-electron chi connectivity index (χ2n) is 7.62. The zero-order valence-corrected chi connectivity index (χ0v) is 18.7. The van der Waals surface area contributed by atoms with E-state index in [1.54, 1.807) is 35.1 Å². The average Bonchev–Trinajstić information content (AvgIpc) is 3.27. The smallest absolute Gasteiger partial charge is 0.226 e. The van der Waals surface area contributed by atoms with Gasteiger partial charge in [-0.1, -0.05) is 6.92 Å². The van der Waals surface area contributed by atoms with Gasteiger partial charge in [0.15, 0.2) is 0 Å². The summed E-state index contributed by atoms with van der Waals surface area (Å²) in [6.07, 6.45) is 6.09. The van der Waals surface area contributed by atoms with Crippen LogP contribution in [0.5, 0.6) is 0 Å². The molecule has 154 valence electrons. The number of amides is 1. The molecule has 3 N–H and O–H groups in total. The van der Waals surface area contributed by atoms with Crippen molar-refractivity contribution in [2.45, 2.75) is 58.7 Å². The molecule has 0 unspecified atom stereocenters. The Hall–Kier alpha value is -1.87. The normalized spacial score (nSPS) is 17.3. The Morgan fingerprint density at radius 1 is 1.41 bits per heavy atom. The second kappa shape index (κ2) is 8.87. The van der Waals surface area contributed by atoms with Crippen molar-refractivity contribution in [3.8, 4) is 10.6 Å². The number of thiophene rings is 1. The number of fused-ring (bicyclic) bond motifs is 2. The van der Waals surface area contributed by atoms with Gasteiger partial charge in [-0.25, -0.2) is 4.98 Å². The van der Waals surface area contributed by atoms with Gasteiger partial charge in [-0.05, 0) is 38.3 Å². The van der Waals surface area contributed by atoms with Crippen LogP contribution in [0.1, 0.15) is 44.1 Å². The SMILES string of the molecule is CC[C@H](C)NCCC(=O)Nc1sc2c(c1-c1nc3cnccc3s1)CN[C@H](C)C2. The first-order valence-electron chi connectivity index (χ1n) is 10.2. The van der Waals surface area contributed by atoms with Crippen molar-refractivity contribution in [2.75, 3.05) is 11.9 Å². The number of pyridine rings is 1. The molecule has 4 heterocycles. The lowest BCUT2D eigenvalue weighted by Gasteiger charge is -2.20. The van der Waals surface area contributed by atoms with Gasteiger partial charge in [0.05, 0.1) is 16.5 Å². The van der Waals surface area contributed by atoms with E-state index in [0.717, 1.165) is 45.2 Å². The highest BCUT2D eigenvalue weighted by molar-refractivity contribution is 7.22. The summed E-state index contributed by atoms with van der Waals surface area (Å²) in [6.45, 7) is 7.97. The number of carbonyl (C=O) groups is 1. The number of aromatic nitrogens is 2. The monoisotopic (exact) mass is 429 g/mol. The van der Waals surface area contributed by atoms with E-state index in [9.17, 15) is 4.79 Å². The molecule has 0 spiro atoms. The summed E-state index contributed by atoms with van der Waals surface area (Å²) in [5.74, 6) is 0.0458. The molecule has 3 aromatic heterocycles. The highest BCUT2D eigenvalue weighted by Gasteiger charge is 2.27. The van der Waals surface area contributed by atoms with Crippen LogP contribution in [-0.4, -0.2) is 34.5 Å². The molecular weight excluding hydrogens is 402 g/mol. The second-order valence-corrected chi connectivity index (χ2v) is 9.75. The zero-order valence-electron chi connectivity index (χ0n) is 17.0. The minimum Gasteiger partial charge on any atom is -0.317 e. The summed E-state index contributed by atoms with van der Waals surface area (Å²) in [5, 5.41) is 12.0. The summed E-state index contributed by atoms with van der Waals surface area (Å²) in [7, 11) is 0. The molecule has 0 bridgehead atoms. The van der Waals surface area contributed by atoms with Gasteiger partial charge in [-0.3, -0.25) is 9.78 Å². The third-order valence-electron chi connectivity index (χ3n) is 5.32. The fourth-order valence-corrected chi connectivity index (χ4v) is 5.90. The van der Waals surface area contributed by atoms with Crippen molar-refractivity contribution in [3.63, 3.8) is 0 Å². The first kappa shape index (κ1) is 20.4. The maximum absolute atomic E-state index is 12.6. The van der Waals surface area contributed by atoms with Crippen molar-refractivity contribution in [3.05, 3.63) is 28.9 Å². The molecule has 0 aromatic carbocycles. The van der Waals surface area contributed by atoms with Crippen molar-refractivity contribution in [1.82, 2.24) is 20.6 Å². The van der Waals surface area contributed by atoms with Crippen LogP contribution < -0.4 is 16.0 Å². The largest absolute Gasteiger partial charge is 0.317 e. The summed E-state index contributed by atoms with van der Waals surface area (Å²) in [6, 6.07) is 2.86. The lowest BCUT2D eigenvalue weighted by Crippen LogP contribution is -2.32. The van der Waals surface area contributed by atoms with Crippen LogP contribution in [0, 0.1) is 0 Å². The minimum absolute atomic E-state index is 0.0458. The number of nitrogens with zero attached hydrogens (tertiary/aromatic N) is 2. The molecule has 6 nitrogen and oxygen atoms in total. The molecule has 0 radical (unpaired) electrons. The van der Waals surface area contributed by atoms with Crippen LogP contribution in [-0.2, 0) is 17.8 Å².